The summed E-state index contributed by atoms with van der Waals surface area (Å²) in [6.45, 7) is 3.94. The molecule has 2 aromatic heterocycles. The van der Waals surface area contributed by atoms with Gasteiger partial charge in [0.1, 0.15) is 0 Å². The summed E-state index contributed by atoms with van der Waals surface area (Å²) in [6, 6.07) is 12.6. The van der Waals surface area contributed by atoms with Gasteiger partial charge >= 0.3 is 0 Å². The molecule has 0 atom stereocenters. The minimum Gasteiger partial charge on any atom is -0.308 e. The number of aromatic nitrogens is 1. The number of para-hydroxylation sites is 1. The van der Waals surface area contributed by atoms with Crippen LogP contribution in [0, 0.1) is 6.92 Å². The smallest absolute Gasteiger partial charge is 0.0746 e. The molecule has 3 heteroatoms. The van der Waals surface area contributed by atoms with Crippen LogP contribution in [-0.4, -0.2) is 4.98 Å². The van der Waals surface area contributed by atoms with E-state index in [9.17, 15) is 0 Å². The topological polar surface area (TPSA) is 24.9 Å². The first-order valence-electron chi connectivity index (χ1n) is 6.41. The second kappa shape index (κ2) is 5.51. The Morgan fingerprint density at radius 2 is 2.00 bits per heavy atom. The Labute approximate surface area is 117 Å². The summed E-state index contributed by atoms with van der Waals surface area (Å²) < 4.78 is 0. The maximum absolute atomic E-state index is 4.48. The summed E-state index contributed by atoms with van der Waals surface area (Å²) in [7, 11) is 0. The molecule has 0 spiro atoms. The molecule has 1 aromatic carbocycles. The lowest BCUT2D eigenvalue weighted by Gasteiger charge is -2.07. The summed E-state index contributed by atoms with van der Waals surface area (Å²) in [5.41, 5.74) is 3.72. The molecular weight excluding hydrogens is 252 g/mol. The second-order valence-corrected chi connectivity index (χ2v) is 5.62. The fourth-order valence-electron chi connectivity index (χ4n) is 2.21. The van der Waals surface area contributed by atoms with Gasteiger partial charge in [0.15, 0.2) is 0 Å². The van der Waals surface area contributed by atoms with E-state index >= 15 is 0 Å². The van der Waals surface area contributed by atoms with Gasteiger partial charge in [-0.3, -0.25) is 4.98 Å². The molecule has 3 aromatic rings. The number of hydrogen-bond donors (Lipinski definition) is 1. The Hall–Kier alpha value is -1.71. The average Bonchev–Trinajstić information content (AvgIpc) is 2.85. The van der Waals surface area contributed by atoms with E-state index in [1.165, 1.54) is 21.4 Å². The van der Waals surface area contributed by atoms with E-state index in [1.807, 2.05) is 23.6 Å². The van der Waals surface area contributed by atoms with E-state index in [-0.39, 0.29) is 0 Å². The maximum atomic E-state index is 4.48. The molecule has 0 amide bonds. The quantitative estimate of drug-likeness (QED) is 0.776. The van der Waals surface area contributed by atoms with Gasteiger partial charge in [-0.05, 0) is 35.6 Å². The van der Waals surface area contributed by atoms with Crippen LogP contribution in [0.1, 0.15) is 16.0 Å². The largest absolute Gasteiger partial charge is 0.308 e. The minimum absolute atomic E-state index is 0.853. The van der Waals surface area contributed by atoms with Gasteiger partial charge in [0.05, 0.1) is 5.52 Å². The molecule has 0 fully saturated rings. The van der Waals surface area contributed by atoms with Crippen molar-refractivity contribution in [2.24, 2.45) is 0 Å². The van der Waals surface area contributed by atoms with Crippen LogP contribution in [0.5, 0.6) is 0 Å². The van der Waals surface area contributed by atoms with Crippen molar-refractivity contribution in [1.29, 1.82) is 0 Å². The van der Waals surface area contributed by atoms with Crippen molar-refractivity contribution in [3.05, 3.63) is 64.0 Å². The van der Waals surface area contributed by atoms with Gasteiger partial charge in [0.2, 0.25) is 0 Å². The summed E-state index contributed by atoms with van der Waals surface area (Å²) in [5.74, 6) is 0. The Balaban J connectivity index is 1.74. The molecule has 0 aliphatic carbocycles. The van der Waals surface area contributed by atoms with E-state index in [0.717, 1.165) is 18.6 Å². The summed E-state index contributed by atoms with van der Waals surface area (Å²) in [6.07, 6.45) is 1.86. The van der Waals surface area contributed by atoms with E-state index in [2.05, 4.69) is 52.9 Å². The average molecular weight is 268 g/mol. The number of rotatable bonds is 4. The third-order valence-corrected chi connectivity index (χ3v) is 4.31. The van der Waals surface area contributed by atoms with Crippen LogP contribution in [0.15, 0.2) is 48.0 Å². The number of aryl methyl sites for hydroxylation is 1. The summed E-state index contributed by atoms with van der Waals surface area (Å²) in [4.78, 5) is 5.89. The van der Waals surface area contributed by atoms with Crippen LogP contribution < -0.4 is 5.32 Å². The molecule has 1 N–H and O–H groups in total. The summed E-state index contributed by atoms with van der Waals surface area (Å²) in [5, 5.41) is 6.86. The van der Waals surface area contributed by atoms with E-state index in [1.54, 1.807) is 0 Å². The molecule has 0 bridgehead atoms. The molecule has 96 valence electrons. The zero-order valence-electron chi connectivity index (χ0n) is 10.9. The SMILES string of the molecule is Cc1ccsc1CNCc1cccc2cccnc12. The van der Waals surface area contributed by atoms with E-state index < -0.39 is 0 Å². The monoisotopic (exact) mass is 268 g/mol. The molecule has 2 nitrogen and oxygen atoms in total. The van der Waals surface area contributed by atoms with Gasteiger partial charge in [0, 0.05) is 29.5 Å². The molecule has 0 aliphatic heterocycles. The molecule has 19 heavy (non-hydrogen) atoms. The standard InChI is InChI=1S/C16H16N2S/c1-12-7-9-19-15(12)11-17-10-14-5-2-4-13-6-3-8-18-16(13)14/h2-9,17H,10-11H2,1H3. The predicted octanol–water partition coefficient (Wildman–Crippen LogP) is 3.89. The number of nitrogens with one attached hydrogen (secondary N) is 1. The zero-order valence-corrected chi connectivity index (χ0v) is 11.7. The van der Waals surface area contributed by atoms with E-state index in [0.29, 0.717) is 0 Å². The van der Waals surface area contributed by atoms with Gasteiger partial charge in [-0.1, -0.05) is 24.3 Å². The molecule has 0 radical (unpaired) electrons. The second-order valence-electron chi connectivity index (χ2n) is 4.62. The molecule has 0 saturated carbocycles. The van der Waals surface area contributed by atoms with Gasteiger partial charge in [-0.25, -0.2) is 0 Å². The van der Waals surface area contributed by atoms with Crippen LogP contribution >= 0.6 is 11.3 Å². The van der Waals surface area contributed by atoms with Crippen molar-refractivity contribution in [3.8, 4) is 0 Å². The fourth-order valence-corrected chi connectivity index (χ4v) is 3.08. The number of fused-ring (bicyclic) bond motifs is 1. The fraction of sp³-hybridized carbons (Fsp3) is 0.188. The van der Waals surface area contributed by atoms with Gasteiger partial charge in [0.25, 0.3) is 0 Å². The molecule has 3 rings (SSSR count). The number of benzene rings is 1. The van der Waals surface area contributed by atoms with Crippen LogP contribution in [0.2, 0.25) is 0 Å². The molecule has 0 unspecified atom stereocenters. The van der Waals surface area contributed by atoms with E-state index in [4.69, 9.17) is 0 Å². The lowest BCUT2D eigenvalue weighted by Crippen LogP contribution is -2.12. The number of thiophene rings is 1. The van der Waals surface area contributed by atoms with Gasteiger partial charge in [-0.2, -0.15) is 0 Å². The van der Waals surface area contributed by atoms with Gasteiger partial charge in [-0.15, -0.1) is 11.3 Å². The summed E-state index contributed by atoms with van der Waals surface area (Å²) >= 11 is 1.81. The van der Waals surface area contributed by atoms with Crippen molar-refractivity contribution < 1.29 is 0 Å². The van der Waals surface area contributed by atoms with Crippen molar-refractivity contribution in [1.82, 2.24) is 10.3 Å². The van der Waals surface area contributed by atoms with Crippen molar-refractivity contribution in [3.63, 3.8) is 0 Å². The minimum atomic E-state index is 0.853. The highest BCUT2D eigenvalue weighted by molar-refractivity contribution is 7.10. The third-order valence-electron chi connectivity index (χ3n) is 3.29. The molecular formula is C16H16N2S. The van der Waals surface area contributed by atoms with Crippen LogP contribution in [-0.2, 0) is 13.1 Å². The normalized spacial score (nSPS) is 11.0. The zero-order chi connectivity index (χ0) is 13.1. The Bertz CT molecular complexity index is 683. The van der Waals surface area contributed by atoms with Gasteiger partial charge < -0.3 is 5.32 Å². The Kier molecular flexibility index (Phi) is 3.58. The molecule has 0 saturated heterocycles. The molecule has 0 aliphatic rings. The van der Waals surface area contributed by atoms with Crippen LogP contribution in [0.4, 0.5) is 0 Å². The maximum Gasteiger partial charge on any atom is 0.0746 e. The Morgan fingerprint density at radius 1 is 1.11 bits per heavy atom. The van der Waals surface area contributed by atoms with Crippen molar-refractivity contribution in [2.45, 2.75) is 20.0 Å². The highest BCUT2D eigenvalue weighted by Gasteiger charge is 2.03. The first-order valence-corrected chi connectivity index (χ1v) is 7.29. The lowest BCUT2D eigenvalue weighted by molar-refractivity contribution is 0.701. The first kappa shape index (κ1) is 12.3. The van der Waals surface area contributed by atoms with Crippen molar-refractivity contribution >= 4 is 22.2 Å². The first-order chi connectivity index (χ1) is 9.34. The predicted molar refractivity (Wildman–Crippen MR) is 81.3 cm³/mol. The van der Waals surface area contributed by atoms with Crippen LogP contribution in [0.25, 0.3) is 10.9 Å². The van der Waals surface area contributed by atoms with Crippen LogP contribution in [0.3, 0.4) is 0 Å². The molecule has 2 heterocycles. The number of hydrogen-bond acceptors (Lipinski definition) is 3. The highest BCUT2D eigenvalue weighted by atomic mass is 32.1. The number of nitrogens with zero attached hydrogens (tertiary/aromatic N) is 1. The number of pyridine rings is 1. The Morgan fingerprint density at radius 3 is 2.84 bits per heavy atom. The van der Waals surface area contributed by atoms with Crippen molar-refractivity contribution in [2.75, 3.05) is 0 Å². The highest BCUT2D eigenvalue weighted by Crippen LogP contribution is 2.17. The lowest BCUT2D eigenvalue weighted by atomic mass is 10.1. The third kappa shape index (κ3) is 2.67.